The van der Waals surface area contributed by atoms with Crippen LogP contribution in [0.1, 0.15) is 53.5 Å². The van der Waals surface area contributed by atoms with Crippen LogP contribution in [0.4, 0.5) is 0 Å². The highest BCUT2D eigenvalue weighted by Crippen LogP contribution is 2.49. The van der Waals surface area contributed by atoms with Crippen molar-refractivity contribution in [3.8, 4) is 0 Å². The van der Waals surface area contributed by atoms with E-state index in [4.69, 9.17) is 5.11 Å². The maximum absolute atomic E-state index is 12.3. The van der Waals surface area contributed by atoms with Gasteiger partial charge in [-0.15, -0.1) is 0 Å². The van der Waals surface area contributed by atoms with Gasteiger partial charge in [0.25, 0.3) is 5.91 Å². The number of nitrogens with one attached hydrogen (secondary N) is 1. The molecule has 2 aliphatic rings. The molecule has 2 bridgehead atoms. The fourth-order valence-electron chi connectivity index (χ4n) is 4.10. The molecule has 1 aromatic heterocycles. The van der Waals surface area contributed by atoms with Gasteiger partial charge in [-0.2, -0.15) is 5.10 Å². The summed E-state index contributed by atoms with van der Waals surface area (Å²) < 4.78 is 1.36. The van der Waals surface area contributed by atoms with Crippen LogP contribution in [0.15, 0.2) is 6.20 Å². The Hall–Kier alpha value is -1.85. The lowest BCUT2D eigenvalue weighted by Crippen LogP contribution is -2.40. The van der Waals surface area contributed by atoms with Crippen LogP contribution in [0.3, 0.4) is 0 Å². The predicted octanol–water partition coefficient (Wildman–Crippen LogP) is 1.67. The van der Waals surface area contributed by atoms with Gasteiger partial charge < -0.3 is 10.4 Å². The molecule has 0 aromatic carbocycles. The number of hydrogen-bond acceptors (Lipinski definition) is 3. The zero-order valence-electron chi connectivity index (χ0n) is 12.4. The van der Waals surface area contributed by atoms with Gasteiger partial charge in [0.2, 0.25) is 0 Å². The van der Waals surface area contributed by atoms with Gasteiger partial charge in [0, 0.05) is 19.3 Å². The number of fused-ring (bicyclic) bond motifs is 2. The topological polar surface area (TPSA) is 84.2 Å². The lowest BCUT2D eigenvalue weighted by atomic mass is 9.84. The molecule has 1 heterocycles. The zero-order valence-corrected chi connectivity index (χ0v) is 12.4. The molecule has 6 heteroatoms. The van der Waals surface area contributed by atoms with Gasteiger partial charge in [-0.25, -0.2) is 4.79 Å². The number of carboxylic acid groups (broad SMARTS) is 1. The Kier molecular flexibility index (Phi) is 3.47. The molecule has 6 nitrogen and oxygen atoms in total. The fourth-order valence-corrected chi connectivity index (χ4v) is 4.10. The highest BCUT2D eigenvalue weighted by Gasteiger charge is 2.42. The molecular formula is C15H21N3O3. The smallest absolute Gasteiger partial charge is 0.339 e. The number of aromatic carboxylic acids is 1. The van der Waals surface area contributed by atoms with Gasteiger partial charge in [0.15, 0.2) is 5.69 Å². The Balaban J connectivity index is 1.70. The van der Waals surface area contributed by atoms with E-state index in [1.165, 1.54) is 36.6 Å². The summed E-state index contributed by atoms with van der Waals surface area (Å²) >= 11 is 0. The molecule has 1 amide bonds. The molecule has 4 atom stereocenters. The van der Waals surface area contributed by atoms with Crippen LogP contribution in [-0.2, 0) is 7.05 Å². The van der Waals surface area contributed by atoms with Gasteiger partial charge in [0.1, 0.15) is 5.56 Å². The highest BCUT2D eigenvalue weighted by molar-refractivity contribution is 6.03. The van der Waals surface area contributed by atoms with Gasteiger partial charge in [-0.1, -0.05) is 6.42 Å². The minimum atomic E-state index is -1.12. The van der Waals surface area contributed by atoms with Crippen molar-refractivity contribution in [3.63, 3.8) is 0 Å². The molecule has 2 aliphatic carbocycles. The Morgan fingerprint density at radius 3 is 2.76 bits per heavy atom. The molecule has 21 heavy (non-hydrogen) atoms. The minimum Gasteiger partial charge on any atom is -0.478 e. The van der Waals surface area contributed by atoms with E-state index in [1.807, 2.05) is 6.92 Å². The number of aromatic nitrogens is 2. The van der Waals surface area contributed by atoms with Gasteiger partial charge >= 0.3 is 5.97 Å². The molecule has 0 aliphatic heterocycles. The third kappa shape index (κ3) is 2.54. The second-order valence-electron chi connectivity index (χ2n) is 6.47. The molecule has 0 unspecified atom stereocenters. The first-order chi connectivity index (χ1) is 9.95. The first-order valence-corrected chi connectivity index (χ1v) is 7.53. The molecule has 0 saturated heterocycles. The number of rotatable bonds is 4. The summed E-state index contributed by atoms with van der Waals surface area (Å²) in [6.45, 7) is 2.02. The predicted molar refractivity (Wildman–Crippen MR) is 76.0 cm³/mol. The van der Waals surface area contributed by atoms with E-state index in [0.717, 1.165) is 5.92 Å². The molecule has 114 valence electrons. The fraction of sp³-hybridized carbons (Fsp3) is 0.667. The Bertz CT molecular complexity index is 581. The van der Waals surface area contributed by atoms with Crippen molar-refractivity contribution in [1.29, 1.82) is 0 Å². The first kappa shape index (κ1) is 14.1. The number of carbonyl (C=O) groups is 2. The van der Waals surface area contributed by atoms with Crippen LogP contribution in [0.5, 0.6) is 0 Å². The molecule has 2 saturated carbocycles. The second-order valence-corrected chi connectivity index (χ2v) is 6.47. The van der Waals surface area contributed by atoms with E-state index in [0.29, 0.717) is 11.8 Å². The summed E-state index contributed by atoms with van der Waals surface area (Å²) in [5.41, 5.74) is -0.0462. The van der Waals surface area contributed by atoms with Gasteiger partial charge in [-0.3, -0.25) is 9.48 Å². The third-order valence-electron chi connectivity index (χ3n) is 5.07. The third-order valence-corrected chi connectivity index (χ3v) is 5.07. The summed E-state index contributed by atoms with van der Waals surface area (Å²) in [5, 5.41) is 16.1. The van der Waals surface area contributed by atoms with Crippen LogP contribution < -0.4 is 5.32 Å². The number of nitrogens with zero attached hydrogens (tertiary/aromatic N) is 2. The van der Waals surface area contributed by atoms with E-state index >= 15 is 0 Å². The molecular weight excluding hydrogens is 270 g/mol. The quantitative estimate of drug-likeness (QED) is 0.884. The number of amides is 1. The second kappa shape index (κ2) is 5.16. The zero-order chi connectivity index (χ0) is 15.1. The Morgan fingerprint density at radius 2 is 2.19 bits per heavy atom. The first-order valence-electron chi connectivity index (χ1n) is 7.53. The van der Waals surface area contributed by atoms with E-state index in [1.54, 1.807) is 7.05 Å². The normalized spacial score (nSPS) is 28.6. The Morgan fingerprint density at radius 1 is 1.43 bits per heavy atom. The van der Waals surface area contributed by atoms with Crippen molar-refractivity contribution in [2.24, 2.45) is 24.8 Å². The molecule has 0 spiro atoms. The summed E-state index contributed by atoms with van der Waals surface area (Å²) in [7, 11) is 1.61. The van der Waals surface area contributed by atoms with Crippen LogP contribution in [0.25, 0.3) is 0 Å². The van der Waals surface area contributed by atoms with Crippen molar-refractivity contribution in [2.45, 2.75) is 38.6 Å². The van der Waals surface area contributed by atoms with E-state index in [9.17, 15) is 9.59 Å². The monoisotopic (exact) mass is 291 g/mol. The largest absolute Gasteiger partial charge is 0.478 e. The number of hydrogen-bond donors (Lipinski definition) is 2. The molecule has 2 N–H and O–H groups in total. The van der Waals surface area contributed by atoms with Crippen molar-refractivity contribution in [2.75, 3.05) is 0 Å². The van der Waals surface area contributed by atoms with E-state index < -0.39 is 5.97 Å². The molecule has 2 fully saturated rings. The molecule has 0 radical (unpaired) electrons. The van der Waals surface area contributed by atoms with E-state index in [-0.39, 0.29) is 23.2 Å². The van der Waals surface area contributed by atoms with Gasteiger partial charge in [-0.05, 0) is 43.9 Å². The highest BCUT2D eigenvalue weighted by atomic mass is 16.4. The van der Waals surface area contributed by atoms with Crippen LogP contribution in [0, 0.1) is 17.8 Å². The average Bonchev–Trinajstić information content (AvgIpc) is 3.12. The Labute approximate surface area is 123 Å². The average molecular weight is 291 g/mol. The summed E-state index contributed by atoms with van der Waals surface area (Å²) in [4.78, 5) is 23.5. The summed E-state index contributed by atoms with van der Waals surface area (Å²) in [6, 6.07) is 0.0662. The molecule has 3 rings (SSSR count). The van der Waals surface area contributed by atoms with Crippen LogP contribution >= 0.6 is 0 Å². The minimum absolute atomic E-state index is 0.00000591. The lowest BCUT2D eigenvalue weighted by Gasteiger charge is -2.28. The maximum atomic E-state index is 12.3. The van der Waals surface area contributed by atoms with Crippen LogP contribution in [0.2, 0.25) is 0 Å². The van der Waals surface area contributed by atoms with Crippen molar-refractivity contribution < 1.29 is 14.7 Å². The number of carboxylic acids is 1. The number of aryl methyl sites for hydroxylation is 1. The summed E-state index contributed by atoms with van der Waals surface area (Å²) in [6.07, 6.45) is 6.42. The van der Waals surface area contributed by atoms with Crippen molar-refractivity contribution >= 4 is 11.9 Å². The lowest BCUT2D eigenvalue weighted by molar-refractivity contribution is 0.0689. The molecule has 1 aromatic rings. The standard InChI is InChI=1S/C15H21N3O3/c1-8(11-6-9-3-4-10(11)5-9)16-14(19)13-12(15(20)21)7-18(2)17-13/h7-11H,3-6H2,1-2H3,(H,16,19)(H,20,21)/t8-,9+,10+,11-/m1/s1. The van der Waals surface area contributed by atoms with E-state index in [2.05, 4.69) is 10.4 Å². The SMILES string of the molecule is C[C@@H](NC(=O)c1nn(C)cc1C(=O)O)[C@H]1C[C@H]2CC[C@H]1C2. The maximum Gasteiger partial charge on any atom is 0.339 e. The van der Waals surface area contributed by atoms with Crippen LogP contribution in [-0.4, -0.2) is 32.8 Å². The van der Waals surface area contributed by atoms with Gasteiger partial charge in [0.05, 0.1) is 0 Å². The van der Waals surface area contributed by atoms with Crippen molar-refractivity contribution in [1.82, 2.24) is 15.1 Å². The number of carbonyl (C=O) groups excluding carboxylic acids is 1. The van der Waals surface area contributed by atoms with Crippen molar-refractivity contribution in [3.05, 3.63) is 17.5 Å². The summed E-state index contributed by atoms with van der Waals surface area (Å²) in [5.74, 6) is 0.547.